The van der Waals surface area contributed by atoms with Gasteiger partial charge < -0.3 is 16.3 Å². The molecular formula is C11H15N3O3. The molecule has 1 rings (SSSR count). The molecule has 0 fully saturated rings. The molecule has 0 unspecified atom stereocenters. The minimum absolute atomic E-state index is 0.426. The first-order valence-corrected chi connectivity index (χ1v) is 5.10. The van der Waals surface area contributed by atoms with Gasteiger partial charge in [-0.25, -0.2) is 0 Å². The van der Waals surface area contributed by atoms with Crippen molar-refractivity contribution in [3.63, 3.8) is 0 Å². The van der Waals surface area contributed by atoms with E-state index in [0.717, 1.165) is 5.56 Å². The fourth-order valence-electron chi connectivity index (χ4n) is 1.53. The average Bonchev–Trinajstić information content (AvgIpc) is 2.15. The number of hydrogen-bond acceptors (Lipinski definition) is 3. The first kappa shape index (κ1) is 13.0. The Morgan fingerprint density at radius 3 is 2.71 bits per heavy atom. The highest BCUT2D eigenvalue weighted by Crippen LogP contribution is 2.10. The molecule has 17 heavy (non-hydrogen) atoms. The number of hydrogen-bond donors (Lipinski definition) is 2. The summed E-state index contributed by atoms with van der Waals surface area (Å²) in [5, 5.41) is 13.6. The van der Waals surface area contributed by atoms with Crippen molar-refractivity contribution >= 4 is 11.8 Å². The molecule has 0 saturated heterocycles. The number of aromatic nitrogens is 1. The van der Waals surface area contributed by atoms with Gasteiger partial charge in [0.1, 0.15) is 0 Å². The highest BCUT2D eigenvalue weighted by Gasteiger charge is 2.24. The molecule has 1 aromatic rings. The Labute approximate surface area is 99.0 Å². The number of primary amides is 1. The molecule has 0 spiro atoms. The number of nitrogens with zero attached hydrogens (tertiary/aromatic N) is 1. The van der Waals surface area contributed by atoms with Crippen molar-refractivity contribution in [1.29, 1.82) is 0 Å². The molecule has 3 N–H and O–H groups in total. The molecule has 92 valence electrons. The maximum atomic E-state index is 11.2. The lowest BCUT2D eigenvalue weighted by Gasteiger charge is -2.25. The van der Waals surface area contributed by atoms with Gasteiger partial charge >= 0.3 is 11.8 Å². The molecule has 0 aliphatic rings. The number of pyridine rings is 1. The van der Waals surface area contributed by atoms with E-state index in [1.165, 1.54) is 12.4 Å². The Kier molecular flexibility index (Phi) is 3.67. The molecule has 0 aliphatic carbocycles. The monoisotopic (exact) mass is 237 g/mol. The van der Waals surface area contributed by atoms with Crippen LogP contribution >= 0.6 is 0 Å². The van der Waals surface area contributed by atoms with Gasteiger partial charge in [0, 0.05) is 23.6 Å². The van der Waals surface area contributed by atoms with Crippen LogP contribution in [0.2, 0.25) is 0 Å². The summed E-state index contributed by atoms with van der Waals surface area (Å²) in [4.78, 5) is 21.8. The quantitative estimate of drug-likeness (QED) is 0.410. The molecule has 0 aromatic carbocycles. The van der Waals surface area contributed by atoms with Crippen LogP contribution in [0.4, 0.5) is 0 Å². The van der Waals surface area contributed by atoms with Gasteiger partial charge in [0.05, 0.1) is 0 Å². The highest BCUT2D eigenvalue weighted by atomic mass is 16.5. The summed E-state index contributed by atoms with van der Waals surface area (Å²) in [7, 11) is 0. The predicted molar refractivity (Wildman–Crippen MR) is 60.5 cm³/mol. The van der Waals surface area contributed by atoms with Crippen molar-refractivity contribution in [3.8, 4) is 0 Å². The molecule has 6 nitrogen and oxygen atoms in total. The van der Waals surface area contributed by atoms with Crippen molar-refractivity contribution in [1.82, 2.24) is 5.32 Å². The predicted octanol–water partition coefficient (Wildman–Crippen LogP) is -0.757. The standard InChI is InChI=1S/C11H15N3O3/c1-11(2,13-10(16)9(12)15)6-8-4-3-5-14(17)7-8/h3-5,7H,6H2,1-2H3,(H2,12,15)(H,13,16). The smallest absolute Gasteiger partial charge is 0.309 e. The Balaban J connectivity index is 2.72. The van der Waals surface area contributed by atoms with Crippen molar-refractivity contribution in [2.75, 3.05) is 0 Å². The summed E-state index contributed by atoms with van der Waals surface area (Å²) in [6.45, 7) is 3.49. The number of rotatable bonds is 3. The normalized spacial score (nSPS) is 10.9. The number of nitrogens with two attached hydrogens (primary N) is 1. The number of amides is 2. The molecule has 1 aromatic heterocycles. The van der Waals surface area contributed by atoms with E-state index in [0.29, 0.717) is 11.2 Å². The summed E-state index contributed by atoms with van der Waals surface area (Å²) in [5.41, 5.74) is 4.96. The third-order valence-electron chi connectivity index (χ3n) is 2.16. The summed E-state index contributed by atoms with van der Waals surface area (Å²) < 4.78 is 0.682. The van der Waals surface area contributed by atoms with Crippen molar-refractivity contribution < 1.29 is 14.3 Å². The zero-order valence-corrected chi connectivity index (χ0v) is 9.77. The van der Waals surface area contributed by atoms with Crippen LogP contribution in [0.3, 0.4) is 0 Å². The zero-order chi connectivity index (χ0) is 13.1. The van der Waals surface area contributed by atoms with Gasteiger partial charge in [-0.2, -0.15) is 4.73 Å². The van der Waals surface area contributed by atoms with E-state index in [1.807, 2.05) is 0 Å². The van der Waals surface area contributed by atoms with E-state index in [4.69, 9.17) is 5.73 Å². The van der Waals surface area contributed by atoms with Crippen LogP contribution < -0.4 is 15.8 Å². The largest absolute Gasteiger partial charge is 0.619 e. The zero-order valence-electron chi connectivity index (χ0n) is 9.77. The van der Waals surface area contributed by atoms with E-state index in [9.17, 15) is 14.8 Å². The van der Waals surface area contributed by atoms with E-state index >= 15 is 0 Å². The second-order valence-electron chi connectivity index (χ2n) is 4.45. The van der Waals surface area contributed by atoms with Crippen LogP contribution in [0.1, 0.15) is 19.4 Å². The van der Waals surface area contributed by atoms with E-state index in [-0.39, 0.29) is 0 Å². The summed E-state index contributed by atoms with van der Waals surface area (Å²) in [6.07, 6.45) is 3.21. The van der Waals surface area contributed by atoms with Gasteiger partial charge in [-0.05, 0) is 19.9 Å². The molecule has 0 radical (unpaired) electrons. The number of carbonyl (C=O) groups excluding carboxylic acids is 2. The minimum atomic E-state index is -1.02. The van der Waals surface area contributed by atoms with Crippen LogP contribution in [-0.2, 0) is 16.0 Å². The lowest BCUT2D eigenvalue weighted by molar-refractivity contribution is -0.605. The van der Waals surface area contributed by atoms with Crippen LogP contribution in [-0.4, -0.2) is 17.4 Å². The fourth-order valence-corrected chi connectivity index (χ4v) is 1.53. The van der Waals surface area contributed by atoms with Crippen LogP contribution in [0.5, 0.6) is 0 Å². The summed E-state index contributed by atoms with van der Waals surface area (Å²) in [6, 6.07) is 3.39. The van der Waals surface area contributed by atoms with Crippen LogP contribution in [0.15, 0.2) is 24.5 Å². The third-order valence-corrected chi connectivity index (χ3v) is 2.16. The van der Waals surface area contributed by atoms with Crippen molar-refractivity contribution in [2.24, 2.45) is 5.73 Å². The fraction of sp³-hybridized carbons (Fsp3) is 0.364. The topological polar surface area (TPSA) is 99.1 Å². The van der Waals surface area contributed by atoms with Crippen LogP contribution in [0.25, 0.3) is 0 Å². The maximum absolute atomic E-state index is 11.2. The SMILES string of the molecule is CC(C)(Cc1ccc[n+]([O-])c1)NC(=O)C(N)=O. The molecule has 0 atom stereocenters. The number of carbonyl (C=O) groups is 2. The Hall–Kier alpha value is -2.11. The van der Waals surface area contributed by atoms with E-state index in [2.05, 4.69) is 5.32 Å². The summed E-state index contributed by atoms with van der Waals surface area (Å²) >= 11 is 0. The molecule has 2 amide bonds. The Morgan fingerprint density at radius 1 is 1.53 bits per heavy atom. The lowest BCUT2D eigenvalue weighted by Crippen LogP contribution is -2.49. The van der Waals surface area contributed by atoms with Gasteiger partial charge in [0.2, 0.25) is 0 Å². The third kappa shape index (κ3) is 4.10. The highest BCUT2D eigenvalue weighted by molar-refractivity contribution is 6.34. The van der Waals surface area contributed by atoms with Gasteiger partial charge in [-0.1, -0.05) is 0 Å². The van der Waals surface area contributed by atoms with Gasteiger partial charge in [0.15, 0.2) is 12.4 Å². The van der Waals surface area contributed by atoms with E-state index in [1.54, 1.807) is 26.0 Å². The molecule has 0 saturated carbocycles. The maximum Gasteiger partial charge on any atom is 0.309 e. The van der Waals surface area contributed by atoms with Crippen molar-refractivity contribution in [2.45, 2.75) is 25.8 Å². The van der Waals surface area contributed by atoms with Crippen LogP contribution in [0, 0.1) is 5.21 Å². The second-order valence-corrected chi connectivity index (χ2v) is 4.45. The average molecular weight is 237 g/mol. The van der Waals surface area contributed by atoms with E-state index < -0.39 is 17.4 Å². The van der Waals surface area contributed by atoms with Gasteiger partial charge in [-0.15, -0.1) is 0 Å². The molecule has 0 bridgehead atoms. The Morgan fingerprint density at radius 2 is 2.18 bits per heavy atom. The number of nitrogens with one attached hydrogen (secondary N) is 1. The van der Waals surface area contributed by atoms with Crippen molar-refractivity contribution in [3.05, 3.63) is 35.3 Å². The molecule has 6 heteroatoms. The molecule has 1 heterocycles. The first-order valence-electron chi connectivity index (χ1n) is 5.10. The summed E-state index contributed by atoms with van der Waals surface area (Å²) in [5.74, 6) is -1.86. The minimum Gasteiger partial charge on any atom is -0.619 e. The van der Waals surface area contributed by atoms with Gasteiger partial charge in [-0.3, -0.25) is 9.59 Å². The Bertz CT molecular complexity index is 443. The second kappa shape index (κ2) is 4.82. The first-order chi connectivity index (χ1) is 7.80. The lowest BCUT2D eigenvalue weighted by atomic mass is 9.96. The van der Waals surface area contributed by atoms with Gasteiger partial charge in [0.25, 0.3) is 0 Å². The molecule has 0 aliphatic heterocycles. The molecular weight excluding hydrogens is 222 g/mol.